The van der Waals surface area contributed by atoms with E-state index in [9.17, 15) is 9.90 Å². The molecule has 6 aromatic rings. The van der Waals surface area contributed by atoms with Crippen LogP contribution in [0, 0.1) is 36.7 Å². The van der Waals surface area contributed by atoms with Crippen molar-refractivity contribution in [3.8, 4) is 22.4 Å². The number of carbonyl (C=O) groups excluding carboxylic acids is 1. The molecule has 0 aliphatic heterocycles. The molecule has 6 heteroatoms. The average molecular weight is 965 g/mol. The van der Waals surface area contributed by atoms with Crippen LogP contribution in [0.3, 0.4) is 0 Å². The first-order valence-electron chi connectivity index (χ1n) is 20.2. The molecule has 1 N–H and O–H groups in total. The molecule has 6 rings (SSSR count). The molecule has 0 aliphatic carbocycles. The number of aryl methyl sites for hydroxylation is 2. The van der Waals surface area contributed by atoms with Crippen LogP contribution in [-0.2, 0) is 36.7 Å². The first kappa shape index (κ1) is 45.6. The third-order valence-corrected chi connectivity index (χ3v) is 14.4. The van der Waals surface area contributed by atoms with Crippen LogP contribution in [0.25, 0.3) is 53.5 Å². The summed E-state index contributed by atoms with van der Waals surface area (Å²) in [5.74, 6) is 0.946. The van der Waals surface area contributed by atoms with Crippen molar-refractivity contribution < 1.29 is 30.0 Å². The number of fused-ring (bicyclic) bond motifs is 3. The van der Waals surface area contributed by atoms with Gasteiger partial charge in [0.05, 0.1) is 0 Å². The van der Waals surface area contributed by atoms with Crippen LogP contribution in [0.1, 0.15) is 123 Å². The van der Waals surface area contributed by atoms with Gasteiger partial charge in [-0.1, -0.05) is 117 Å². The molecule has 301 valence electrons. The van der Waals surface area contributed by atoms with E-state index in [0.717, 1.165) is 53.6 Å². The summed E-state index contributed by atoms with van der Waals surface area (Å²) in [6, 6.07) is 24.0. The summed E-state index contributed by atoms with van der Waals surface area (Å²) in [6.45, 7) is 28.1. The fourth-order valence-corrected chi connectivity index (χ4v) is 9.58. The van der Waals surface area contributed by atoms with Gasteiger partial charge < -0.3 is 5.11 Å². The quantitative estimate of drug-likeness (QED) is 0.0800. The Labute approximate surface area is 358 Å². The number of pyridine rings is 1. The molecule has 0 saturated heterocycles. The van der Waals surface area contributed by atoms with Crippen LogP contribution in [0.15, 0.2) is 71.8 Å². The van der Waals surface area contributed by atoms with E-state index in [0.29, 0.717) is 5.92 Å². The molecule has 56 heavy (non-hydrogen) atoms. The summed E-state index contributed by atoms with van der Waals surface area (Å²) in [6.07, 6.45) is 5.89. The third-order valence-electron chi connectivity index (χ3n) is 12.1. The number of benzene rings is 3. The number of aliphatic hydroxyl groups is 1. The maximum atomic E-state index is 12.2. The maximum absolute atomic E-state index is 12.2. The molecule has 0 saturated carbocycles. The zero-order chi connectivity index (χ0) is 40.5. The first-order valence-corrected chi connectivity index (χ1v) is 21.9. The predicted octanol–water partition coefficient (Wildman–Crippen LogP) is 15.6. The summed E-state index contributed by atoms with van der Waals surface area (Å²) < 4.78 is 1.38. The summed E-state index contributed by atoms with van der Waals surface area (Å²) in [5, 5.41) is 17.4. The SMILES string of the molecule is CCC(C)(CC)C(=O)/C=C(\O)C(C)(CC)CC.Cc1c(CC(C)C)sc2ccc(-c3cc(-c4[c-]c5ccccc5c(C(C)(C)C)c4)nc4scc(C)c34)cc12.[Ir]. The molecule has 1 radical (unpaired) electrons. The minimum absolute atomic E-state index is 0. The van der Waals surface area contributed by atoms with Gasteiger partial charge in [0, 0.05) is 57.7 Å². The molecular formula is C50H62IrNO2S2-. The van der Waals surface area contributed by atoms with Crippen molar-refractivity contribution in [2.24, 2.45) is 16.7 Å². The maximum Gasteiger partial charge on any atom is 0.164 e. The Balaban J connectivity index is 0.000000330. The number of aliphatic hydroxyl groups excluding tert-OH is 1. The minimum Gasteiger partial charge on any atom is -0.512 e. The Hall–Kier alpha value is -3.15. The van der Waals surface area contributed by atoms with Gasteiger partial charge in [-0.2, -0.15) is 0 Å². The average Bonchev–Trinajstić information content (AvgIpc) is 3.70. The molecule has 3 nitrogen and oxygen atoms in total. The van der Waals surface area contributed by atoms with E-state index in [1.807, 2.05) is 52.9 Å². The Morgan fingerprint density at radius 2 is 1.52 bits per heavy atom. The van der Waals surface area contributed by atoms with E-state index >= 15 is 0 Å². The Morgan fingerprint density at radius 3 is 2.12 bits per heavy atom. The summed E-state index contributed by atoms with van der Waals surface area (Å²) >= 11 is 3.69. The molecule has 0 bridgehead atoms. The van der Waals surface area contributed by atoms with Crippen LogP contribution in [-0.4, -0.2) is 15.9 Å². The number of hydrogen-bond acceptors (Lipinski definition) is 5. The van der Waals surface area contributed by atoms with Crippen molar-refractivity contribution in [1.82, 2.24) is 4.98 Å². The Morgan fingerprint density at radius 1 is 0.875 bits per heavy atom. The molecule has 0 unspecified atom stereocenters. The van der Waals surface area contributed by atoms with Crippen molar-refractivity contribution in [2.45, 2.75) is 128 Å². The van der Waals surface area contributed by atoms with E-state index < -0.39 is 0 Å². The van der Waals surface area contributed by atoms with Gasteiger partial charge in [-0.15, -0.1) is 51.8 Å². The van der Waals surface area contributed by atoms with Crippen molar-refractivity contribution in [3.05, 3.63) is 99.4 Å². The molecule has 0 fully saturated rings. The van der Waals surface area contributed by atoms with Gasteiger partial charge in [0.1, 0.15) is 10.6 Å². The number of hydrogen-bond donors (Lipinski definition) is 1. The van der Waals surface area contributed by atoms with Gasteiger partial charge in [-0.05, 0) is 102 Å². The summed E-state index contributed by atoms with van der Waals surface area (Å²) in [7, 11) is 0. The first-order chi connectivity index (χ1) is 25.9. The Kier molecular flexibility index (Phi) is 14.8. The number of allylic oxidation sites excluding steroid dienone is 2. The number of thiophene rings is 2. The topological polar surface area (TPSA) is 50.2 Å². The second kappa shape index (κ2) is 18.2. The second-order valence-corrected chi connectivity index (χ2v) is 19.4. The minimum atomic E-state index is -0.337. The van der Waals surface area contributed by atoms with Crippen LogP contribution >= 0.6 is 22.7 Å². The molecular weight excluding hydrogens is 903 g/mol. The van der Waals surface area contributed by atoms with Gasteiger partial charge in [0.25, 0.3) is 0 Å². The van der Waals surface area contributed by atoms with E-state index in [4.69, 9.17) is 4.98 Å². The van der Waals surface area contributed by atoms with Crippen molar-refractivity contribution in [2.75, 3.05) is 0 Å². The smallest absolute Gasteiger partial charge is 0.164 e. The zero-order valence-corrected chi connectivity index (χ0v) is 39.9. The van der Waals surface area contributed by atoms with Crippen molar-refractivity contribution >= 4 is 59.5 Å². The number of rotatable bonds is 11. The molecule has 0 amide bonds. The zero-order valence-electron chi connectivity index (χ0n) is 35.9. The van der Waals surface area contributed by atoms with E-state index in [1.54, 1.807) is 11.3 Å². The Bertz CT molecular complexity index is 2340. The van der Waals surface area contributed by atoms with E-state index in [-0.39, 0.29) is 47.9 Å². The van der Waals surface area contributed by atoms with Crippen LogP contribution in [0.2, 0.25) is 0 Å². The fraction of sp³-hybridized carbons (Fsp3) is 0.440. The van der Waals surface area contributed by atoms with Crippen LogP contribution < -0.4 is 0 Å². The number of nitrogens with zero attached hydrogens (tertiary/aromatic N) is 1. The normalized spacial score (nSPS) is 12.6. The van der Waals surface area contributed by atoms with Crippen LogP contribution in [0.5, 0.6) is 0 Å². The molecule has 3 heterocycles. The van der Waals surface area contributed by atoms with E-state index in [1.165, 1.54) is 59.6 Å². The standard InChI is InChI=1S/C35H34NS2.C15H28O2.Ir/c1-20(2)14-32-22(4)27-16-24(12-13-31(27)38-32)28-18-30(36-34-33(28)21(3)19-37-34)25-15-23-10-8-9-11-26(23)29(17-25)35(5,6)7;1-7-14(5,8-2)12(16)11-13(17)15(6,9-3)10-4;/h8-13,16-20H,14H2,1-7H3;11,16H,7-10H2,1-6H3;/q-1;;/b;12-11-;. The molecule has 3 aromatic heterocycles. The van der Waals surface area contributed by atoms with Crippen molar-refractivity contribution in [1.29, 1.82) is 0 Å². The molecule has 0 atom stereocenters. The second-order valence-electron chi connectivity index (χ2n) is 17.4. The van der Waals surface area contributed by atoms with Gasteiger partial charge in [0.2, 0.25) is 0 Å². The third kappa shape index (κ3) is 9.41. The predicted molar refractivity (Wildman–Crippen MR) is 242 cm³/mol. The fourth-order valence-electron chi connectivity index (χ4n) is 7.23. The molecule has 3 aromatic carbocycles. The van der Waals surface area contributed by atoms with Gasteiger partial charge >= 0.3 is 0 Å². The van der Waals surface area contributed by atoms with Crippen LogP contribution in [0.4, 0.5) is 0 Å². The van der Waals surface area contributed by atoms with Crippen molar-refractivity contribution in [3.63, 3.8) is 0 Å². The summed E-state index contributed by atoms with van der Waals surface area (Å²) in [5.41, 5.74) is 8.07. The molecule has 0 aliphatic rings. The number of ketones is 1. The number of carbonyl (C=O) groups is 1. The monoisotopic (exact) mass is 965 g/mol. The van der Waals surface area contributed by atoms with E-state index in [2.05, 4.69) is 115 Å². The van der Waals surface area contributed by atoms with Gasteiger partial charge in [-0.25, -0.2) is 0 Å². The largest absolute Gasteiger partial charge is 0.512 e. The number of aromatic nitrogens is 1. The van der Waals surface area contributed by atoms with Gasteiger partial charge in [-0.3, -0.25) is 9.78 Å². The molecule has 0 spiro atoms. The summed E-state index contributed by atoms with van der Waals surface area (Å²) in [4.78, 5) is 20.0. The van der Waals surface area contributed by atoms with Gasteiger partial charge in [0.15, 0.2) is 5.78 Å².